The van der Waals surface area contributed by atoms with Crippen molar-refractivity contribution in [2.75, 3.05) is 0 Å². The van der Waals surface area contributed by atoms with Gasteiger partial charge < -0.3 is 9.30 Å². The molecule has 0 saturated heterocycles. The summed E-state index contributed by atoms with van der Waals surface area (Å²) >= 11 is 0. The molecule has 0 aliphatic rings. The molecular weight excluding hydrogens is 180 g/mol. The van der Waals surface area contributed by atoms with Crippen LogP contribution < -0.4 is 0 Å². The molecule has 0 unspecified atom stereocenters. The van der Waals surface area contributed by atoms with Crippen molar-refractivity contribution in [1.29, 1.82) is 0 Å². The predicted octanol–water partition coefficient (Wildman–Crippen LogP) is 1.83. The molecule has 0 aliphatic carbocycles. The minimum atomic E-state index is -0.189. The van der Waals surface area contributed by atoms with E-state index in [2.05, 4.69) is 11.6 Å². The number of aromatic nitrogens is 2. The first-order chi connectivity index (χ1) is 6.77. The van der Waals surface area contributed by atoms with Crippen molar-refractivity contribution in [2.45, 2.75) is 26.4 Å². The minimum absolute atomic E-state index is 0.189. The third-order valence-electron chi connectivity index (χ3n) is 1.76. The number of rotatable bonds is 5. The molecule has 0 aromatic carbocycles. The smallest absolute Gasteiger partial charge is 0.306 e. The third kappa shape index (κ3) is 2.73. The van der Waals surface area contributed by atoms with Gasteiger partial charge in [0.05, 0.1) is 0 Å². The lowest BCUT2D eigenvalue weighted by atomic mass is 10.3. The molecule has 4 nitrogen and oxygen atoms in total. The van der Waals surface area contributed by atoms with E-state index in [0.29, 0.717) is 12.2 Å². The van der Waals surface area contributed by atoms with Crippen molar-refractivity contribution in [3.8, 4) is 0 Å². The first-order valence-corrected chi connectivity index (χ1v) is 4.57. The Morgan fingerprint density at radius 1 is 1.79 bits per heavy atom. The molecule has 0 fully saturated rings. The maximum absolute atomic E-state index is 11.1. The SMILES string of the molecule is C=Cn1ccnc1COC(=O)CCC. The van der Waals surface area contributed by atoms with Crippen LogP contribution in [0, 0.1) is 0 Å². The number of ether oxygens (including phenoxy) is 1. The summed E-state index contributed by atoms with van der Waals surface area (Å²) in [5, 5.41) is 0. The Labute approximate surface area is 83.2 Å². The van der Waals surface area contributed by atoms with Gasteiger partial charge in [-0.15, -0.1) is 0 Å². The Morgan fingerprint density at radius 2 is 2.57 bits per heavy atom. The second-order valence-electron chi connectivity index (χ2n) is 2.84. The van der Waals surface area contributed by atoms with Gasteiger partial charge in [-0.1, -0.05) is 13.5 Å². The van der Waals surface area contributed by atoms with Gasteiger partial charge in [0.15, 0.2) is 5.82 Å². The molecule has 0 amide bonds. The molecule has 0 spiro atoms. The normalized spacial score (nSPS) is 9.79. The highest BCUT2D eigenvalue weighted by atomic mass is 16.5. The van der Waals surface area contributed by atoms with E-state index < -0.39 is 0 Å². The Morgan fingerprint density at radius 3 is 3.21 bits per heavy atom. The van der Waals surface area contributed by atoms with Crippen molar-refractivity contribution < 1.29 is 9.53 Å². The molecule has 0 radical (unpaired) electrons. The molecule has 0 aliphatic heterocycles. The highest BCUT2D eigenvalue weighted by Gasteiger charge is 2.04. The molecule has 14 heavy (non-hydrogen) atoms. The molecule has 0 N–H and O–H groups in total. The summed E-state index contributed by atoms with van der Waals surface area (Å²) in [5.41, 5.74) is 0. The van der Waals surface area contributed by atoms with Crippen LogP contribution >= 0.6 is 0 Å². The lowest BCUT2D eigenvalue weighted by molar-refractivity contribution is -0.145. The van der Waals surface area contributed by atoms with E-state index in [4.69, 9.17) is 4.74 Å². The zero-order chi connectivity index (χ0) is 10.4. The first kappa shape index (κ1) is 10.5. The van der Waals surface area contributed by atoms with Crippen LogP contribution in [-0.4, -0.2) is 15.5 Å². The molecule has 1 aromatic rings. The zero-order valence-corrected chi connectivity index (χ0v) is 8.27. The van der Waals surface area contributed by atoms with Gasteiger partial charge in [0.25, 0.3) is 0 Å². The second-order valence-corrected chi connectivity index (χ2v) is 2.84. The van der Waals surface area contributed by atoms with E-state index in [0.717, 1.165) is 6.42 Å². The number of esters is 1. The largest absolute Gasteiger partial charge is 0.457 e. The average Bonchev–Trinajstić information content (AvgIpc) is 2.62. The van der Waals surface area contributed by atoms with Crippen LogP contribution in [0.2, 0.25) is 0 Å². The van der Waals surface area contributed by atoms with Crippen LogP contribution in [-0.2, 0) is 16.1 Å². The average molecular weight is 194 g/mol. The highest BCUT2D eigenvalue weighted by Crippen LogP contribution is 2.01. The van der Waals surface area contributed by atoms with Crippen LogP contribution in [0.3, 0.4) is 0 Å². The second kappa shape index (κ2) is 5.21. The maximum Gasteiger partial charge on any atom is 0.306 e. The minimum Gasteiger partial charge on any atom is -0.457 e. The molecule has 4 heteroatoms. The van der Waals surface area contributed by atoms with Crippen LogP contribution in [0.1, 0.15) is 25.6 Å². The van der Waals surface area contributed by atoms with Crippen molar-refractivity contribution in [3.05, 3.63) is 24.8 Å². The van der Waals surface area contributed by atoms with Gasteiger partial charge in [0, 0.05) is 25.0 Å². The van der Waals surface area contributed by atoms with E-state index >= 15 is 0 Å². The summed E-state index contributed by atoms with van der Waals surface area (Å²) in [5.74, 6) is 0.496. The van der Waals surface area contributed by atoms with E-state index in [1.54, 1.807) is 23.2 Å². The number of imidazole rings is 1. The number of carbonyl (C=O) groups excluding carboxylic acids is 1. The lowest BCUT2D eigenvalue weighted by Crippen LogP contribution is -2.06. The van der Waals surface area contributed by atoms with Crippen LogP contribution in [0.15, 0.2) is 19.0 Å². The molecule has 1 aromatic heterocycles. The van der Waals surface area contributed by atoms with Crippen molar-refractivity contribution >= 4 is 12.2 Å². The number of hydrogen-bond donors (Lipinski definition) is 0. The molecule has 76 valence electrons. The van der Waals surface area contributed by atoms with Gasteiger partial charge in [-0.2, -0.15) is 0 Å². The predicted molar refractivity (Wildman–Crippen MR) is 53.3 cm³/mol. The number of nitrogens with zero attached hydrogens (tertiary/aromatic N) is 2. The summed E-state index contributed by atoms with van der Waals surface area (Å²) in [6.45, 7) is 5.75. The highest BCUT2D eigenvalue weighted by molar-refractivity contribution is 5.69. The first-order valence-electron chi connectivity index (χ1n) is 4.57. The molecular formula is C10H14N2O2. The molecule has 1 rings (SSSR count). The van der Waals surface area contributed by atoms with Crippen molar-refractivity contribution in [2.24, 2.45) is 0 Å². The van der Waals surface area contributed by atoms with E-state index in [1.165, 1.54) is 0 Å². The summed E-state index contributed by atoms with van der Waals surface area (Å²) in [7, 11) is 0. The van der Waals surface area contributed by atoms with Gasteiger partial charge in [-0.05, 0) is 6.42 Å². The monoisotopic (exact) mass is 194 g/mol. The Bertz CT molecular complexity index is 318. The van der Waals surface area contributed by atoms with Gasteiger partial charge in [0.2, 0.25) is 0 Å². The van der Waals surface area contributed by atoms with Crippen LogP contribution in [0.5, 0.6) is 0 Å². The number of hydrogen-bond acceptors (Lipinski definition) is 3. The van der Waals surface area contributed by atoms with Crippen molar-refractivity contribution in [3.63, 3.8) is 0 Å². The fourth-order valence-corrected chi connectivity index (χ4v) is 1.04. The fourth-order valence-electron chi connectivity index (χ4n) is 1.04. The summed E-state index contributed by atoms with van der Waals surface area (Å²) < 4.78 is 6.72. The van der Waals surface area contributed by atoms with Crippen LogP contribution in [0.4, 0.5) is 0 Å². The topological polar surface area (TPSA) is 44.1 Å². The molecule has 1 heterocycles. The van der Waals surface area contributed by atoms with Gasteiger partial charge in [0.1, 0.15) is 6.61 Å². The Hall–Kier alpha value is -1.58. The van der Waals surface area contributed by atoms with Gasteiger partial charge in [-0.25, -0.2) is 4.98 Å². The summed E-state index contributed by atoms with van der Waals surface area (Å²) in [4.78, 5) is 15.1. The van der Waals surface area contributed by atoms with E-state index in [-0.39, 0.29) is 12.6 Å². The van der Waals surface area contributed by atoms with Crippen molar-refractivity contribution in [1.82, 2.24) is 9.55 Å². The fraction of sp³-hybridized carbons (Fsp3) is 0.400. The zero-order valence-electron chi connectivity index (χ0n) is 8.27. The number of carbonyl (C=O) groups is 1. The Balaban J connectivity index is 2.45. The van der Waals surface area contributed by atoms with Gasteiger partial charge in [-0.3, -0.25) is 4.79 Å². The lowest BCUT2D eigenvalue weighted by Gasteiger charge is -2.03. The Kier molecular flexibility index (Phi) is 3.91. The van der Waals surface area contributed by atoms with E-state index in [9.17, 15) is 4.79 Å². The standard InChI is InChI=1S/C10H14N2O2/c1-3-5-10(13)14-8-9-11-6-7-12(9)4-2/h4,6-7H,2-3,5,8H2,1H3. The molecule has 0 bridgehead atoms. The van der Waals surface area contributed by atoms with Crippen LogP contribution in [0.25, 0.3) is 6.20 Å². The quantitative estimate of drug-likeness (QED) is 0.671. The maximum atomic E-state index is 11.1. The molecule has 0 atom stereocenters. The summed E-state index contributed by atoms with van der Waals surface area (Å²) in [6.07, 6.45) is 6.28. The van der Waals surface area contributed by atoms with Gasteiger partial charge >= 0.3 is 5.97 Å². The molecule has 0 saturated carbocycles. The summed E-state index contributed by atoms with van der Waals surface area (Å²) in [6, 6.07) is 0. The van der Waals surface area contributed by atoms with E-state index in [1.807, 2.05) is 6.92 Å². The third-order valence-corrected chi connectivity index (χ3v) is 1.76.